The SMILES string of the molecule is Cn1cc(N2CC(NC(=O)c3cc4cccnc4[nH]3)CC2=O)cn1. The number of pyridine rings is 1. The number of aromatic nitrogens is 4. The summed E-state index contributed by atoms with van der Waals surface area (Å²) in [5.74, 6) is -0.259. The molecular weight excluding hydrogens is 308 g/mol. The first-order valence-corrected chi connectivity index (χ1v) is 7.64. The summed E-state index contributed by atoms with van der Waals surface area (Å²) in [6, 6.07) is 5.23. The number of carbonyl (C=O) groups excluding carboxylic acids is 2. The Labute approximate surface area is 137 Å². The van der Waals surface area contributed by atoms with Gasteiger partial charge in [0.25, 0.3) is 5.91 Å². The molecule has 1 atom stereocenters. The number of aryl methyl sites for hydroxylation is 1. The molecule has 1 unspecified atom stereocenters. The predicted molar refractivity (Wildman–Crippen MR) is 87.5 cm³/mol. The van der Waals surface area contributed by atoms with Gasteiger partial charge in [0.05, 0.1) is 17.9 Å². The summed E-state index contributed by atoms with van der Waals surface area (Å²) in [6.07, 6.45) is 5.37. The third kappa shape index (κ3) is 2.51. The zero-order chi connectivity index (χ0) is 16.7. The number of rotatable bonds is 3. The van der Waals surface area contributed by atoms with Gasteiger partial charge in [0.1, 0.15) is 11.3 Å². The molecule has 3 aromatic heterocycles. The number of fused-ring (bicyclic) bond motifs is 1. The number of carbonyl (C=O) groups is 2. The van der Waals surface area contributed by atoms with Crippen molar-refractivity contribution >= 4 is 28.5 Å². The first-order chi connectivity index (χ1) is 11.6. The van der Waals surface area contributed by atoms with Gasteiger partial charge in [-0.2, -0.15) is 5.10 Å². The average Bonchev–Trinajstić information content (AvgIpc) is 3.25. The summed E-state index contributed by atoms with van der Waals surface area (Å²) in [6.45, 7) is 0.439. The molecule has 4 rings (SSSR count). The van der Waals surface area contributed by atoms with Crippen molar-refractivity contribution in [1.82, 2.24) is 25.1 Å². The van der Waals surface area contributed by atoms with E-state index >= 15 is 0 Å². The fourth-order valence-electron chi connectivity index (χ4n) is 2.94. The van der Waals surface area contributed by atoms with E-state index in [-0.39, 0.29) is 24.3 Å². The van der Waals surface area contributed by atoms with Crippen LogP contribution in [0.3, 0.4) is 0 Å². The highest BCUT2D eigenvalue weighted by atomic mass is 16.2. The number of hydrogen-bond donors (Lipinski definition) is 2. The van der Waals surface area contributed by atoms with Crippen LogP contribution < -0.4 is 10.2 Å². The van der Waals surface area contributed by atoms with Gasteiger partial charge in [-0.3, -0.25) is 14.3 Å². The summed E-state index contributed by atoms with van der Waals surface area (Å²) >= 11 is 0. The molecule has 0 saturated carbocycles. The molecule has 4 heterocycles. The molecule has 8 nitrogen and oxygen atoms in total. The van der Waals surface area contributed by atoms with Crippen LogP contribution in [0, 0.1) is 0 Å². The van der Waals surface area contributed by atoms with Gasteiger partial charge < -0.3 is 15.2 Å². The van der Waals surface area contributed by atoms with Crippen LogP contribution in [-0.4, -0.2) is 44.1 Å². The lowest BCUT2D eigenvalue weighted by Gasteiger charge is -2.14. The lowest BCUT2D eigenvalue weighted by molar-refractivity contribution is -0.117. The molecule has 2 N–H and O–H groups in total. The summed E-state index contributed by atoms with van der Waals surface area (Å²) < 4.78 is 1.64. The first kappa shape index (κ1) is 14.4. The minimum Gasteiger partial charge on any atom is -0.346 e. The smallest absolute Gasteiger partial charge is 0.268 e. The number of amides is 2. The minimum absolute atomic E-state index is 0.0217. The maximum atomic E-state index is 12.4. The Kier molecular flexibility index (Phi) is 3.30. The topological polar surface area (TPSA) is 95.9 Å². The van der Waals surface area contributed by atoms with E-state index < -0.39 is 0 Å². The van der Waals surface area contributed by atoms with Crippen LogP contribution in [0.15, 0.2) is 36.8 Å². The lowest BCUT2D eigenvalue weighted by Crippen LogP contribution is -2.37. The van der Waals surface area contributed by atoms with Crippen molar-refractivity contribution in [3.05, 3.63) is 42.5 Å². The van der Waals surface area contributed by atoms with Gasteiger partial charge in [-0.15, -0.1) is 0 Å². The summed E-state index contributed by atoms with van der Waals surface area (Å²) in [5.41, 5.74) is 1.85. The highest BCUT2D eigenvalue weighted by molar-refractivity contribution is 6.00. The Morgan fingerprint density at radius 2 is 2.33 bits per heavy atom. The van der Waals surface area contributed by atoms with Crippen molar-refractivity contribution < 1.29 is 9.59 Å². The highest BCUT2D eigenvalue weighted by Crippen LogP contribution is 2.21. The summed E-state index contributed by atoms with van der Waals surface area (Å²) in [7, 11) is 1.80. The minimum atomic E-state index is -0.237. The van der Waals surface area contributed by atoms with E-state index in [2.05, 4.69) is 20.4 Å². The first-order valence-electron chi connectivity index (χ1n) is 7.64. The van der Waals surface area contributed by atoms with Crippen LogP contribution >= 0.6 is 0 Å². The molecular formula is C16H16N6O2. The maximum absolute atomic E-state index is 12.4. The van der Waals surface area contributed by atoms with E-state index in [1.54, 1.807) is 41.3 Å². The molecule has 1 aliphatic heterocycles. The van der Waals surface area contributed by atoms with Gasteiger partial charge in [0.2, 0.25) is 5.91 Å². The largest absolute Gasteiger partial charge is 0.346 e. The molecule has 0 aromatic carbocycles. The van der Waals surface area contributed by atoms with Crippen molar-refractivity contribution in [2.24, 2.45) is 7.05 Å². The predicted octanol–water partition coefficient (Wildman–Crippen LogP) is 0.832. The van der Waals surface area contributed by atoms with Crippen molar-refractivity contribution in [3.63, 3.8) is 0 Å². The molecule has 2 amide bonds. The van der Waals surface area contributed by atoms with Crippen LogP contribution in [0.2, 0.25) is 0 Å². The van der Waals surface area contributed by atoms with Crippen LogP contribution in [0.1, 0.15) is 16.9 Å². The fraction of sp³-hybridized carbons (Fsp3) is 0.250. The van der Waals surface area contributed by atoms with Crippen LogP contribution in [0.25, 0.3) is 11.0 Å². The van der Waals surface area contributed by atoms with E-state index in [0.29, 0.717) is 17.9 Å². The van der Waals surface area contributed by atoms with Gasteiger partial charge in [-0.1, -0.05) is 0 Å². The molecule has 0 spiro atoms. The maximum Gasteiger partial charge on any atom is 0.268 e. The van der Waals surface area contributed by atoms with E-state index in [9.17, 15) is 9.59 Å². The molecule has 122 valence electrons. The number of aromatic amines is 1. The number of hydrogen-bond acceptors (Lipinski definition) is 4. The Hall–Kier alpha value is -3.16. The van der Waals surface area contributed by atoms with Gasteiger partial charge in [-0.25, -0.2) is 4.98 Å². The van der Waals surface area contributed by atoms with Crippen molar-refractivity contribution in [2.45, 2.75) is 12.5 Å². The zero-order valence-electron chi connectivity index (χ0n) is 13.1. The van der Waals surface area contributed by atoms with Gasteiger partial charge >= 0.3 is 0 Å². The second kappa shape index (κ2) is 5.48. The monoisotopic (exact) mass is 324 g/mol. The molecule has 0 radical (unpaired) electrons. The molecule has 1 saturated heterocycles. The molecule has 1 aliphatic rings. The fourth-order valence-corrected chi connectivity index (χ4v) is 2.94. The van der Waals surface area contributed by atoms with Gasteiger partial charge in [0, 0.05) is 37.8 Å². The highest BCUT2D eigenvalue weighted by Gasteiger charge is 2.32. The van der Waals surface area contributed by atoms with Crippen LogP contribution in [0.5, 0.6) is 0 Å². The third-order valence-corrected chi connectivity index (χ3v) is 4.10. The Balaban J connectivity index is 1.47. The quantitative estimate of drug-likeness (QED) is 0.746. The van der Waals surface area contributed by atoms with Crippen molar-refractivity contribution in [2.75, 3.05) is 11.4 Å². The van der Waals surface area contributed by atoms with Gasteiger partial charge in [-0.05, 0) is 18.2 Å². The van der Waals surface area contributed by atoms with E-state index in [4.69, 9.17) is 0 Å². The third-order valence-electron chi connectivity index (χ3n) is 4.10. The number of nitrogens with zero attached hydrogens (tertiary/aromatic N) is 4. The molecule has 3 aromatic rings. The zero-order valence-corrected chi connectivity index (χ0v) is 13.1. The molecule has 8 heteroatoms. The number of anilines is 1. The molecule has 24 heavy (non-hydrogen) atoms. The van der Waals surface area contributed by atoms with Crippen LogP contribution in [0.4, 0.5) is 5.69 Å². The standard InChI is InChI=1S/C16H16N6O2/c1-21-9-12(7-18-21)22-8-11(6-14(22)23)19-16(24)13-5-10-3-2-4-17-15(10)20-13/h2-5,7,9,11H,6,8H2,1H3,(H,17,20)(H,19,24). The van der Waals surface area contributed by atoms with Gasteiger partial charge in [0.15, 0.2) is 0 Å². The van der Waals surface area contributed by atoms with E-state index in [0.717, 1.165) is 11.1 Å². The average molecular weight is 324 g/mol. The van der Waals surface area contributed by atoms with E-state index in [1.165, 1.54) is 0 Å². The summed E-state index contributed by atoms with van der Waals surface area (Å²) in [4.78, 5) is 33.4. The Bertz CT molecular complexity index is 894. The number of nitrogens with one attached hydrogen (secondary N) is 2. The molecule has 1 fully saturated rings. The normalized spacial score (nSPS) is 17.6. The van der Waals surface area contributed by atoms with Crippen LogP contribution in [-0.2, 0) is 11.8 Å². The Morgan fingerprint density at radius 1 is 1.46 bits per heavy atom. The van der Waals surface area contributed by atoms with E-state index in [1.807, 2.05) is 12.1 Å². The second-order valence-electron chi connectivity index (χ2n) is 5.88. The Morgan fingerprint density at radius 3 is 3.08 bits per heavy atom. The molecule has 0 aliphatic carbocycles. The molecule has 0 bridgehead atoms. The summed E-state index contributed by atoms with van der Waals surface area (Å²) in [5, 5.41) is 7.86. The number of H-pyrrole nitrogens is 1. The van der Waals surface area contributed by atoms with Crippen molar-refractivity contribution in [1.29, 1.82) is 0 Å². The second-order valence-corrected chi connectivity index (χ2v) is 5.88. The van der Waals surface area contributed by atoms with Crippen molar-refractivity contribution in [3.8, 4) is 0 Å². The lowest BCUT2D eigenvalue weighted by atomic mass is 10.2.